The molecule has 2 aromatic rings. The fraction of sp³-hybridized carbons (Fsp3) is 0.409. The Kier molecular flexibility index (Phi) is 6.69. The second kappa shape index (κ2) is 9.41. The third-order valence-electron chi connectivity index (χ3n) is 5.32. The van der Waals surface area contributed by atoms with Crippen LogP contribution in [0.4, 0.5) is 0 Å². The van der Waals surface area contributed by atoms with Gasteiger partial charge in [0, 0.05) is 18.7 Å². The second-order valence-electron chi connectivity index (χ2n) is 7.48. The number of nitrogens with one attached hydrogen (secondary N) is 1. The van der Waals surface area contributed by atoms with Crippen LogP contribution in [-0.2, 0) is 22.4 Å². The van der Waals surface area contributed by atoms with Crippen LogP contribution in [0.1, 0.15) is 40.1 Å². The molecule has 1 aromatic carbocycles. The third kappa shape index (κ3) is 5.47. The summed E-state index contributed by atoms with van der Waals surface area (Å²) in [5, 5.41) is 11.5. The van der Waals surface area contributed by atoms with Crippen LogP contribution in [0.3, 0.4) is 0 Å². The third-order valence-corrected chi connectivity index (χ3v) is 5.32. The standard InChI is InChI=1S/C22H26N2O5/c1-15-14-29-18(12-20(26)27)21(15)22(28)23-13-19(25)24-9-7-17(8-10-24)11-16-5-3-2-4-6-16/h2-6,14,17H,7-13H2,1H3,(H,23,28)(H,26,27). The summed E-state index contributed by atoms with van der Waals surface area (Å²) in [6.45, 7) is 2.92. The molecule has 0 unspecified atom stereocenters. The lowest BCUT2D eigenvalue weighted by atomic mass is 9.90. The van der Waals surface area contributed by atoms with E-state index in [1.165, 1.54) is 11.8 Å². The molecule has 154 valence electrons. The van der Waals surface area contributed by atoms with Crippen molar-refractivity contribution in [3.05, 3.63) is 59.0 Å². The van der Waals surface area contributed by atoms with Crippen LogP contribution >= 0.6 is 0 Å². The molecule has 0 saturated carbocycles. The zero-order chi connectivity index (χ0) is 20.8. The molecule has 1 aliphatic heterocycles. The molecular weight excluding hydrogens is 372 g/mol. The van der Waals surface area contributed by atoms with Crippen molar-refractivity contribution in [2.24, 2.45) is 5.92 Å². The molecule has 7 heteroatoms. The fourth-order valence-electron chi connectivity index (χ4n) is 3.76. The molecule has 0 spiro atoms. The topological polar surface area (TPSA) is 99.8 Å². The van der Waals surface area contributed by atoms with Crippen molar-refractivity contribution in [3.63, 3.8) is 0 Å². The highest BCUT2D eigenvalue weighted by Gasteiger charge is 2.25. The van der Waals surface area contributed by atoms with Gasteiger partial charge in [-0.05, 0) is 37.7 Å². The number of carbonyl (C=O) groups is 3. The first kappa shape index (κ1) is 20.6. The molecule has 1 aromatic heterocycles. The van der Waals surface area contributed by atoms with E-state index in [4.69, 9.17) is 9.52 Å². The Morgan fingerprint density at radius 1 is 1.17 bits per heavy atom. The van der Waals surface area contributed by atoms with Crippen LogP contribution < -0.4 is 5.32 Å². The monoisotopic (exact) mass is 398 g/mol. The van der Waals surface area contributed by atoms with Gasteiger partial charge in [-0.1, -0.05) is 30.3 Å². The average molecular weight is 398 g/mol. The number of carbonyl (C=O) groups excluding carboxylic acids is 2. The lowest BCUT2D eigenvalue weighted by Crippen LogP contribution is -2.44. The van der Waals surface area contributed by atoms with E-state index in [1.807, 2.05) is 18.2 Å². The number of furan rings is 1. The van der Waals surface area contributed by atoms with Gasteiger partial charge in [-0.2, -0.15) is 0 Å². The first-order chi connectivity index (χ1) is 13.9. The lowest BCUT2D eigenvalue weighted by molar-refractivity contribution is -0.136. The Balaban J connectivity index is 1.47. The van der Waals surface area contributed by atoms with E-state index in [9.17, 15) is 14.4 Å². The zero-order valence-electron chi connectivity index (χ0n) is 16.5. The van der Waals surface area contributed by atoms with Gasteiger partial charge in [0.15, 0.2) is 0 Å². The second-order valence-corrected chi connectivity index (χ2v) is 7.48. The van der Waals surface area contributed by atoms with Crippen LogP contribution in [-0.4, -0.2) is 47.4 Å². The normalized spacial score (nSPS) is 14.6. The van der Waals surface area contributed by atoms with Crippen LogP contribution in [0.25, 0.3) is 0 Å². The van der Waals surface area contributed by atoms with E-state index in [0.717, 1.165) is 19.3 Å². The lowest BCUT2D eigenvalue weighted by Gasteiger charge is -2.32. The van der Waals surface area contributed by atoms with Crippen molar-refractivity contribution in [1.29, 1.82) is 0 Å². The molecule has 29 heavy (non-hydrogen) atoms. The number of nitrogens with zero attached hydrogens (tertiary/aromatic N) is 1. The number of piperidine rings is 1. The summed E-state index contributed by atoms with van der Waals surface area (Å²) < 4.78 is 5.17. The van der Waals surface area contributed by atoms with Crippen LogP contribution in [0.15, 0.2) is 41.0 Å². The van der Waals surface area contributed by atoms with Crippen molar-refractivity contribution >= 4 is 17.8 Å². The van der Waals surface area contributed by atoms with Gasteiger partial charge in [0.25, 0.3) is 5.91 Å². The fourth-order valence-corrected chi connectivity index (χ4v) is 3.76. The van der Waals surface area contributed by atoms with Crippen LogP contribution in [0, 0.1) is 12.8 Å². The van der Waals surface area contributed by atoms with Gasteiger partial charge >= 0.3 is 5.97 Å². The number of rotatable bonds is 7. The van der Waals surface area contributed by atoms with Gasteiger partial charge in [0.05, 0.1) is 18.4 Å². The molecule has 3 rings (SSSR count). The van der Waals surface area contributed by atoms with E-state index >= 15 is 0 Å². The number of aryl methyl sites for hydroxylation is 1. The molecule has 1 fully saturated rings. The predicted octanol–water partition coefficient (Wildman–Crippen LogP) is 2.43. The Hall–Kier alpha value is -3.09. The van der Waals surface area contributed by atoms with Gasteiger partial charge in [-0.15, -0.1) is 0 Å². The van der Waals surface area contributed by atoms with E-state index in [0.29, 0.717) is 24.6 Å². The minimum absolute atomic E-state index is 0.0988. The smallest absolute Gasteiger partial charge is 0.311 e. The number of likely N-dealkylation sites (tertiary alicyclic amines) is 1. The highest BCUT2D eigenvalue weighted by atomic mass is 16.4. The summed E-state index contributed by atoms with van der Waals surface area (Å²) in [7, 11) is 0. The van der Waals surface area contributed by atoms with Gasteiger partial charge in [0.1, 0.15) is 12.2 Å². The Labute approximate surface area is 169 Å². The summed E-state index contributed by atoms with van der Waals surface area (Å²) >= 11 is 0. The maximum Gasteiger partial charge on any atom is 0.311 e. The summed E-state index contributed by atoms with van der Waals surface area (Å²) in [5.74, 6) is -1.04. The number of hydrogen-bond donors (Lipinski definition) is 2. The molecular formula is C22H26N2O5. The summed E-state index contributed by atoms with van der Waals surface area (Å²) in [4.78, 5) is 37.6. The quantitative estimate of drug-likeness (QED) is 0.746. The Morgan fingerprint density at radius 2 is 1.86 bits per heavy atom. The molecule has 0 bridgehead atoms. The van der Waals surface area contributed by atoms with Crippen LogP contribution in [0.2, 0.25) is 0 Å². The SMILES string of the molecule is Cc1coc(CC(=O)O)c1C(=O)NCC(=O)N1CCC(Cc2ccccc2)CC1. The van der Waals surface area contributed by atoms with E-state index in [2.05, 4.69) is 17.4 Å². The van der Waals surface area contributed by atoms with Crippen molar-refractivity contribution in [2.45, 2.75) is 32.6 Å². The summed E-state index contributed by atoms with van der Waals surface area (Å²) in [6, 6.07) is 10.3. The van der Waals surface area contributed by atoms with Crippen LogP contribution in [0.5, 0.6) is 0 Å². The predicted molar refractivity (Wildman–Crippen MR) is 107 cm³/mol. The van der Waals surface area contributed by atoms with Crippen molar-refractivity contribution < 1.29 is 23.9 Å². The van der Waals surface area contributed by atoms with Crippen molar-refractivity contribution in [1.82, 2.24) is 10.2 Å². The number of carboxylic acids is 1. The van der Waals surface area contributed by atoms with Gasteiger partial charge in [-0.3, -0.25) is 14.4 Å². The van der Waals surface area contributed by atoms with Gasteiger partial charge < -0.3 is 19.7 Å². The molecule has 1 saturated heterocycles. The maximum atomic E-state index is 12.5. The first-order valence-electron chi connectivity index (χ1n) is 9.82. The summed E-state index contributed by atoms with van der Waals surface area (Å²) in [5.41, 5.74) is 2.06. The zero-order valence-corrected chi connectivity index (χ0v) is 16.5. The molecule has 0 aliphatic carbocycles. The molecule has 2 amide bonds. The molecule has 7 nitrogen and oxygen atoms in total. The first-order valence-corrected chi connectivity index (χ1v) is 9.82. The number of aliphatic carboxylic acids is 1. The van der Waals surface area contributed by atoms with Crippen molar-refractivity contribution in [2.75, 3.05) is 19.6 Å². The number of hydrogen-bond acceptors (Lipinski definition) is 4. The van der Waals surface area contributed by atoms with E-state index in [1.54, 1.807) is 11.8 Å². The minimum atomic E-state index is -1.08. The Bertz CT molecular complexity index is 867. The largest absolute Gasteiger partial charge is 0.481 e. The number of amides is 2. The number of benzene rings is 1. The van der Waals surface area contributed by atoms with Gasteiger partial charge in [-0.25, -0.2) is 0 Å². The summed E-state index contributed by atoms with van der Waals surface area (Å²) in [6.07, 6.45) is 3.88. The van der Waals surface area contributed by atoms with E-state index in [-0.39, 0.29) is 30.2 Å². The maximum absolute atomic E-state index is 12.5. The van der Waals surface area contributed by atoms with Gasteiger partial charge in [0.2, 0.25) is 5.91 Å². The number of carboxylic acid groups (broad SMARTS) is 1. The molecule has 0 radical (unpaired) electrons. The molecule has 2 N–H and O–H groups in total. The van der Waals surface area contributed by atoms with Crippen molar-refractivity contribution in [3.8, 4) is 0 Å². The van der Waals surface area contributed by atoms with E-state index < -0.39 is 11.9 Å². The molecule has 1 aliphatic rings. The minimum Gasteiger partial charge on any atom is -0.481 e. The molecule has 0 atom stereocenters. The Morgan fingerprint density at radius 3 is 2.52 bits per heavy atom. The highest BCUT2D eigenvalue weighted by Crippen LogP contribution is 2.22. The average Bonchev–Trinajstić information content (AvgIpc) is 3.06. The highest BCUT2D eigenvalue weighted by molar-refractivity contribution is 5.99. The molecule has 2 heterocycles.